The molecule has 0 aliphatic carbocycles. The van der Waals surface area contributed by atoms with Gasteiger partial charge in [-0.05, 0) is 50.8 Å². The van der Waals surface area contributed by atoms with Crippen LogP contribution < -0.4 is 0 Å². The molecule has 7 heteroatoms. The second-order valence-electron chi connectivity index (χ2n) is 7.78. The summed E-state index contributed by atoms with van der Waals surface area (Å²) in [6, 6.07) is 1.76. The molecule has 0 saturated carbocycles. The highest BCUT2D eigenvalue weighted by atomic mass is 35.5. The molecule has 1 aromatic rings. The molecule has 2 aliphatic heterocycles. The Kier molecular flexibility index (Phi) is 7.58. The smallest absolute Gasteiger partial charge is 0.270 e. The Hall–Kier alpha value is -1.08. The number of halogens is 1. The van der Waals surface area contributed by atoms with E-state index < -0.39 is 0 Å². The van der Waals surface area contributed by atoms with E-state index in [1.165, 1.54) is 0 Å². The van der Waals surface area contributed by atoms with Crippen LogP contribution in [0.25, 0.3) is 0 Å². The van der Waals surface area contributed by atoms with Gasteiger partial charge < -0.3 is 23.8 Å². The van der Waals surface area contributed by atoms with Crippen LogP contribution in [0.5, 0.6) is 0 Å². The number of ether oxygens (including phenoxy) is 2. The molecule has 2 saturated heterocycles. The number of rotatable bonds is 8. The van der Waals surface area contributed by atoms with Crippen molar-refractivity contribution in [2.24, 2.45) is 13.0 Å². The molecule has 0 unspecified atom stereocenters. The van der Waals surface area contributed by atoms with E-state index in [0.29, 0.717) is 23.2 Å². The lowest BCUT2D eigenvalue weighted by Gasteiger charge is -2.35. The van der Waals surface area contributed by atoms with Crippen molar-refractivity contribution in [2.45, 2.75) is 31.8 Å². The van der Waals surface area contributed by atoms with Gasteiger partial charge in [-0.3, -0.25) is 4.79 Å². The number of aryl methyl sites for hydroxylation is 1. The first kappa shape index (κ1) is 20.6. The van der Waals surface area contributed by atoms with E-state index in [1.54, 1.807) is 19.4 Å². The number of likely N-dealkylation sites (tertiary alicyclic amines) is 1. The maximum absolute atomic E-state index is 13.2. The Morgan fingerprint density at radius 3 is 2.70 bits per heavy atom. The van der Waals surface area contributed by atoms with Crippen LogP contribution in [-0.4, -0.2) is 79.4 Å². The molecule has 0 radical (unpaired) electrons. The zero-order chi connectivity index (χ0) is 19.2. The summed E-state index contributed by atoms with van der Waals surface area (Å²) in [6.45, 7) is 6.19. The average molecular weight is 398 g/mol. The Morgan fingerprint density at radius 1 is 1.33 bits per heavy atom. The number of piperidine rings is 1. The number of nitrogens with zero attached hydrogens (tertiary/aromatic N) is 3. The highest BCUT2D eigenvalue weighted by Gasteiger charge is 2.28. The number of methoxy groups -OCH3 is 1. The third kappa shape index (κ3) is 5.70. The first-order valence-corrected chi connectivity index (χ1v) is 10.4. The first-order chi connectivity index (χ1) is 13.1. The number of aromatic nitrogens is 1. The van der Waals surface area contributed by atoms with Gasteiger partial charge >= 0.3 is 0 Å². The second kappa shape index (κ2) is 9.92. The van der Waals surface area contributed by atoms with E-state index >= 15 is 0 Å². The molecule has 2 fully saturated rings. The predicted molar refractivity (Wildman–Crippen MR) is 106 cm³/mol. The van der Waals surface area contributed by atoms with E-state index in [9.17, 15) is 4.79 Å². The third-order valence-corrected chi connectivity index (χ3v) is 5.93. The number of carbonyl (C=O) groups excluding carboxylic acids is 1. The zero-order valence-electron chi connectivity index (χ0n) is 16.5. The molecular weight excluding hydrogens is 366 g/mol. The molecule has 0 spiro atoms. The van der Waals surface area contributed by atoms with Gasteiger partial charge in [0.05, 0.1) is 17.7 Å². The summed E-state index contributed by atoms with van der Waals surface area (Å²) in [5, 5.41) is 0.601. The van der Waals surface area contributed by atoms with Crippen molar-refractivity contribution in [1.29, 1.82) is 0 Å². The lowest BCUT2D eigenvalue weighted by atomic mass is 9.95. The van der Waals surface area contributed by atoms with Crippen LogP contribution in [0.4, 0.5) is 0 Å². The van der Waals surface area contributed by atoms with Crippen molar-refractivity contribution >= 4 is 17.5 Å². The Balaban J connectivity index is 1.62. The molecule has 152 valence electrons. The van der Waals surface area contributed by atoms with Crippen LogP contribution in [0.15, 0.2) is 12.3 Å². The minimum Gasteiger partial charge on any atom is -0.383 e. The lowest BCUT2D eigenvalue weighted by Crippen LogP contribution is -2.44. The fourth-order valence-electron chi connectivity index (χ4n) is 4.10. The van der Waals surface area contributed by atoms with Crippen LogP contribution in [0, 0.1) is 5.92 Å². The second-order valence-corrected chi connectivity index (χ2v) is 8.21. The topological polar surface area (TPSA) is 46.9 Å². The van der Waals surface area contributed by atoms with E-state index in [2.05, 4.69) is 4.90 Å². The van der Waals surface area contributed by atoms with Crippen molar-refractivity contribution in [3.8, 4) is 0 Å². The molecule has 1 amide bonds. The summed E-state index contributed by atoms with van der Waals surface area (Å²) in [6.07, 6.45) is 6.30. The summed E-state index contributed by atoms with van der Waals surface area (Å²) < 4.78 is 12.8. The maximum Gasteiger partial charge on any atom is 0.270 e. The molecule has 3 heterocycles. The summed E-state index contributed by atoms with van der Waals surface area (Å²) >= 11 is 6.10. The van der Waals surface area contributed by atoms with Crippen LogP contribution in [-0.2, 0) is 16.5 Å². The van der Waals surface area contributed by atoms with Crippen LogP contribution in [0.3, 0.4) is 0 Å². The lowest BCUT2D eigenvalue weighted by molar-refractivity contribution is 0.0430. The number of hydrogen-bond acceptors (Lipinski definition) is 4. The minimum absolute atomic E-state index is 0.0571. The van der Waals surface area contributed by atoms with E-state index in [0.717, 1.165) is 65.1 Å². The quantitative estimate of drug-likeness (QED) is 0.676. The minimum atomic E-state index is 0.0571. The van der Waals surface area contributed by atoms with Gasteiger partial charge in [0.2, 0.25) is 0 Å². The van der Waals surface area contributed by atoms with E-state index in [1.807, 2.05) is 16.5 Å². The van der Waals surface area contributed by atoms with Gasteiger partial charge in [0, 0.05) is 46.6 Å². The summed E-state index contributed by atoms with van der Waals surface area (Å²) in [7, 11) is 3.62. The van der Waals surface area contributed by atoms with Gasteiger partial charge in [0.25, 0.3) is 5.91 Å². The van der Waals surface area contributed by atoms with E-state index in [-0.39, 0.29) is 12.0 Å². The molecule has 0 bridgehead atoms. The van der Waals surface area contributed by atoms with Crippen molar-refractivity contribution in [1.82, 2.24) is 14.4 Å². The largest absolute Gasteiger partial charge is 0.383 e. The molecule has 3 rings (SSSR count). The van der Waals surface area contributed by atoms with Gasteiger partial charge in [0.1, 0.15) is 5.69 Å². The van der Waals surface area contributed by atoms with Crippen LogP contribution >= 0.6 is 11.6 Å². The summed E-state index contributed by atoms with van der Waals surface area (Å²) in [5.74, 6) is 0.589. The van der Waals surface area contributed by atoms with Crippen LogP contribution in [0.1, 0.15) is 36.2 Å². The standard InChI is InChI=1S/C20H32ClN3O3/c1-22-14-17(21)12-19(22)20(25)24(15-18-4-3-10-27-18)13-16-5-7-23(8-6-16)9-11-26-2/h12,14,16,18H,3-11,13,15H2,1-2H3/t18-/m0/s1. The molecule has 1 atom stereocenters. The molecule has 2 aliphatic rings. The molecule has 0 N–H and O–H groups in total. The van der Waals surface area contributed by atoms with E-state index in [4.69, 9.17) is 21.1 Å². The first-order valence-electron chi connectivity index (χ1n) is 10.0. The SMILES string of the molecule is COCCN1CCC(CN(C[C@@H]2CCCO2)C(=O)c2cc(Cl)cn2C)CC1. The number of carbonyl (C=O) groups is 1. The number of amides is 1. The zero-order valence-corrected chi connectivity index (χ0v) is 17.3. The monoisotopic (exact) mass is 397 g/mol. The number of hydrogen-bond donors (Lipinski definition) is 0. The van der Waals surface area contributed by atoms with Gasteiger partial charge in [0.15, 0.2) is 0 Å². The highest BCUT2D eigenvalue weighted by Crippen LogP contribution is 2.23. The third-order valence-electron chi connectivity index (χ3n) is 5.72. The Morgan fingerprint density at radius 2 is 2.11 bits per heavy atom. The van der Waals surface area contributed by atoms with Gasteiger partial charge in [-0.2, -0.15) is 0 Å². The van der Waals surface area contributed by atoms with Crippen molar-refractivity contribution in [2.75, 3.05) is 53.0 Å². The molecular formula is C20H32ClN3O3. The van der Waals surface area contributed by atoms with Gasteiger partial charge in [-0.25, -0.2) is 0 Å². The van der Waals surface area contributed by atoms with Crippen molar-refractivity contribution < 1.29 is 14.3 Å². The average Bonchev–Trinajstić information content (AvgIpc) is 3.29. The summed E-state index contributed by atoms with van der Waals surface area (Å²) in [5.41, 5.74) is 0.649. The molecule has 1 aromatic heterocycles. The van der Waals surface area contributed by atoms with Gasteiger partial charge in [-0.1, -0.05) is 11.6 Å². The van der Waals surface area contributed by atoms with Crippen LogP contribution in [0.2, 0.25) is 5.02 Å². The molecule has 27 heavy (non-hydrogen) atoms. The summed E-state index contributed by atoms with van der Waals surface area (Å²) in [4.78, 5) is 17.7. The normalized spacial score (nSPS) is 21.7. The molecule has 0 aromatic carbocycles. The highest BCUT2D eigenvalue weighted by molar-refractivity contribution is 6.31. The fraction of sp³-hybridized carbons (Fsp3) is 0.750. The van der Waals surface area contributed by atoms with Crippen molar-refractivity contribution in [3.05, 3.63) is 23.0 Å². The molecule has 6 nitrogen and oxygen atoms in total. The van der Waals surface area contributed by atoms with Gasteiger partial charge in [-0.15, -0.1) is 0 Å². The Bertz CT molecular complexity index is 608. The van der Waals surface area contributed by atoms with Crippen molar-refractivity contribution in [3.63, 3.8) is 0 Å². The predicted octanol–water partition coefficient (Wildman–Crippen LogP) is 2.66. The Labute approximate surface area is 167 Å². The fourth-order valence-corrected chi connectivity index (χ4v) is 4.35. The maximum atomic E-state index is 13.2.